The molecule has 4 heteroatoms. The van der Waals surface area contributed by atoms with Crippen LogP contribution in [0.4, 0.5) is 11.4 Å². The molecule has 1 amide bonds. The van der Waals surface area contributed by atoms with Gasteiger partial charge in [-0.05, 0) is 38.0 Å². The Kier molecular flexibility index (Phi) is 2.07. The zero-order valence-corrected chi connectivity index (χ0v) is 8.71. The third-order valence-corrected chi connectivity index (χ3v) is 2.76. The average Bonchev–Trinajstić information content (AvgIpc) is 2.87. The second kappa shape index (κ2) is 3.15. The van der Waals surface area contributed by atoms with Crippen molar-refractivity contribution in [2.75, 3.05) is 11.1 Å². The summed E-state index contributed by atoms with van der Waals surface area (Å²) in [6.45, 7) is 2.15. The third kappa shape index (κ3) is 2.03. The van der Waals surface area contributed by atoms with Crippen LogP contribution in [0, 0.1) is 0 Å². The predicted octanol–water partition coefficient (Wildman–Crippen LogP) is 1.33. The first-order valence-electron chi connectivity index (χ1n) is 4.98. The molecule has 4 nitrogen and oxygen atoms in total. The lowest BCUT2D eigenvalue weighted by atomic mass is 10.1. The smallest absolute Gasteiger partial charge is 0.250 e. The summed E-state index contributed by atoms with van der Waals surface area (Å²) >= 11 is 0. The Morgan fingerprint density at radius 2 is 2.13 bits per heavy atom. The first-order chi connectivity index (χ1) is 7.00. The van der Waals surface area contributed by atoms with Crippen LogP contribution in [0.15, 0.2) is 18.2 Å². The Labute approximate surface area is 88.6 Å². The van der Waals surface area contributed by atoms with Crippen LogP contribution in [-0.2, 0) is 0 Å². The molecule has 1 aromatic rings. The van der Waals surface area contributed by atoms with Crippen molar-refractivity contribution in [3.8, 4) is 0 Å². The number of nitrogen functional groups attached to an aromatic ring is 1. The van der Waals surface area contributed by atoms with Gasteiger partial charge in [-0.2, -0.15) is 0 Å². The number of nitrogens with one attached hydrogen (secondary N) is 1. The van der Waals surface area contributed by atoms with Gasteiger partial charge < -0.3 is 16.8 Å². The number of hydrogen-bond donors (Lipinski definition) is 3. The summed E-state index contributed by atoms with van der Waals surface area (Å²) in [6, 6.07) is 5.28. The second-order valence-electron chi connectivity index (χ2n) is 4.35. The molecule has 0 aromatic heterocycles. The second-order valence-corrected chi connectivity index (χ2v) is 4.35. The van der Waals surface area contributed by atoms with E-state index in [0.717, 1.165) is 18.5 Å². The molecule has 2 rings (SSSR count). The number of primary amides is 1. The number of hydrogen-bond acceptors (Lipinski definition) is 3. The molecule has 0 saturated heterocycles. The molecule has 0 radical (unpaired) electrons. The first kappa shape index (κ1) is 9.83. The van der Waals surface area contributed by atoms with Gasteiger partial charge in [-0.25, -0.2) is 0 Å². The maximum absolute atomic E-state index is 11.1. The summed E-state index contributed by atoms with van der Waals surface area (Å²) < 4.78 is 0. The largest absolute Gasteiger partial charge is 0.398 e. The van der Waals surface area contributed by atoms with E-state index in [4.69, 9.17) is 11.5 Å². The van der Waals surface area contributed by atoms with Crippen molar-refractivity contribution >= 4 is 17.3 Å². The molecule has 80 valence electrons. The Hall–Kier alpha value is -1.71. The van der Waals surface area contributed by atoms with Crippen LogP contribution < -0.4 is 16.8 Å². The molecule has 15 heavy (non-hydrogen) atoms. The van der Waals surface area contributed by atoms with Gasteiger partial charge in [0.2, 0.25) is 0 Å². The van der Waals surface area contributed by atoms with Crippen LogP contribution in [0.5, 0.6) is 0 Å². The molecule has 1 fully saturated rings. The first-order valence-corrected chi connectivity index (χ1v) is 4.98. The van der Waals surface area contributed by atoms with Gasteiger partial charge in [-0.15, -0.1) is 0 Å². The Morgan fingerprint density at radius 3 is 2.67 bits per heavy atom. The van der Waals surface area contributed by atoms with Gasteiger partial charge in [0, 0.05) is 16.9 Å². The molecule has 0 heterocycles. The molecule has 1 aliphatic carbocycles. The van der Waals surface area contributed by atoms with E-state index in [-0.39, 0.29) is 5.54 Å². The van der Waals surface area contributed by atoms with E-state index in [1.807, 2.05) is 6.07 Å². The van der Waals surface area contributed by atoms with Gasteiger partial charge >= 0.3 is 0 Å². The minimum Gasteiger partial charge on any atom is -0.398 e. The van der Waals surface area contributed by atoms with E-state index in [1.54, 1.807) is 12.1 Å². The summed E-state index contributed by atoms with van der Waals surface area (Å²) in [5.74, 6) is -0.489. The summed E-state index contributed by atoms with van der Waals surface area (Å²) in [5, 5.41) is 3.35. The van der Waals surface area contributed by atoms with Crippen LogP contribution >= 0.6 is 0 Å². The molecule has 0 aliphatic heterocycles. The quantitative estimate of drug-likeness (QED) is 0.651. The molecule has 0 spiro atoms. The molecule has 0 unspecified atom stereocenters. The monoisotopic (exact) mass is 205 g/mol. The van der Waals surface area contributed by atoms with Gasteiger partial charge in [0.05, 0.1) is 5.56 Å². The fourth-order valence-electron chi connectivity index (χ4n) is 1.51. The van der Waals surface area contributed by atoms with Crippen molar-refractivity contribution in [2.24, 2.45) is 5.73 Å². The van der Waals surface area contributed by atoms with E-state index in [9.17, 15) is 4.79 Å². The molecule has 5 N–H and O–H groups in total. The fraction of sp³-hybridized carbons (Fsp3) is 0.364. The van der Waals surface area contributed by atoms with Crippen LogP contribution in [0.25, 0.3) is 0 Å². The lowest BCUT2D eigenvalue weighted by Gasteiger charge is -2.14. The summed E-state index contributed by atoms with van der Waals surface area (Å²) in [5.41, 5.74) is 12.7. The van der Waals surface area contributed by atoms with E-state index in [1.165, 1.54) is 0 Å². The van der Waals surface area contributed by atoms with E-state index in [2.05, 4.69) is 12.2 Å². The summed E-state index contributed by atoms with van der Waals surface area (Å²) in [7, 11) is 0. The molecule has 1 saturated carbocycles. The lowest BCUT2D eigenvalue weighted by Crippen LogP contribution is -2.18. The number of nitrogens with two attached hydrogens (primary N) is 2. The maximum atomic E-state index is 11.1. The van der Waals surface area contributed by atoms with E-state index < -0.39 is 5.91 Å². The fourth-order valence-corrected chi connectivity index (χ4v) is 1.51. The zero-order valence-electron chi connectivity index (χ0n) is 8.71. The highest BCUT2D eigenvalue weighted by Gasteiger charge is 2.37. The molecule has 0 bridgehead atoms. The minimum absolute atomic E-state index is 0.186. The van der Waals surface area contributed by atoms with E-state index >= 15 is 0 Å². The summed E-state index contributed by atoms with van der Waals surface area (Å²) in [4.78, 5) is 11.1. The number of benzene rings is 1. The molecular formula is C11H15N3O. The van der Waals surface area contributed by atoms with Gasteiger partial charge in [0.25, 0.3) is 5.91 Å². The Balaban J connectivity index is 2.26. The number of amides is 1. The van der Waals surface area contributed by atoms with Crippen molar-refractivity contribution in [3.63, 3.8) is 0 Å². The molecular weight excluding hydrogens is 190 g/mol. The maximum Gasteiger partial charge on any atom is 0.250 e. The zero-order chi connectivity index (χ0) is 11.1. The van der Waals surface area contributed by atoms with Gasteiger partial charge in [-0.3, -0.25) is 4.79 Å². The van der Waals surface area contributed by atoms with Crippen molar-refractivity contribution in [1.82, 2.24) is 0 Å². The third-order valence-electron chi connectivity index (χ3n) is 2.76. The van der Waals surface area contributed by atoms with Crippen LogP contribution in [0.2, 0.25) is 0 Å². The standard InChI is InChI=1S/C11H15N3O/c1-11(4-5-11)14-7-2-3-9(12)8(6-7)10(13)15/h2-3,6,14H,4-5,12H2,1H3,(H2,13,15). The lowest BCUT2D eigenvalue weighted by molar-refractivity contribution is 0.100. The van der Waals surface area contributed by atoms with Crippen molar-refractivity contribution < 1.29 is 4.79 Å². The molecule has 1 aromatic carbocycles. The molecule has 0 atom stereocenters. The number of anilines is 2. The SMILES string of the molecule is CC1(Nc2ccc(N)c(C(N)=O)c2)CC1. The van der Waals surface area contributed by atoms with Gasteiger partial charge in [-0.1, -0.05) is 0 Å². The molecule has 1 aliphatic rings. The number of rotatable bonds is 3. The highest BCUT2D eigenvalue weighted by Crippen LogP contribution is 2.38. The van der Waals surface area contributed by atoms with E-state index in [0.29, 0.717) is 11.3 Å². The van der Waals surface area contributed by atoms with Crippen LogP contribution in [0.3, 0.4) is 0 Å². The van der Waals surface area contributed by atoms with Crippen LogP contribution in [-0.4, -0.2) is 11.4 Å². The normalized spacial score (nSPS) is 17.1. The highest BCUT2D eigenvalue weighted by molar-refractivity contribution is 5.99. The minimum atomic E-state index is -0.489. The van der Waals surface area contributed by atoms with Crippen LogP contribution in [0.1, 0.15) is 30.1 Å². The van der Waals surface area contributed by atoms with Gasteiger partial charge in [0.1, 0.15) is 0 Å². The average molecular weight is 205 g/mol. The Morgan fingerprint density at radius 1 is 1.47 bits per heavy atom. The topological polar surface area (TPSA) is 81.1 Å². The number of carbonyl (C=O) groups excluding carboxylic acids is 1. The number of carbonyl (C=O) groups is 1. The Bertz CT molecular complexity index is 410. The van der Waals surface area contributed by atoms with Crippen molar-refractivity contribution in [2.45, 2.75) is 25.3 Å². The van der Waals surface area contributed by atoms with Crippen molar-refractivity contribution in [3.05, 3.63) is 23.8 Å². The highest BCUT2D eigenvalue weighted by atomic mass is 16.1. The van der Waals surface area contributed by atoms with Crippen molar-refractivity contribution in [1.29, 1.82) is 0 Å². The van der Waals surface area contributed by atoms with Gasteiger partial charge in [0.15, 0.2) is 0 Å². The summed E-state index contributed by atoms with van der Waals surface area (Å²) in [6.07, 6.45) is 2.31. The predicted molar refractivity (Wildman–Crippen MR) is 60.6 cm³/mol.